The molecular weight excluding hydrogens is 433 g/mol. The number of nitrogens with zero attached hydrogens (tertiary/aromatic N) is 1. The molecule has 1 heterocycles. The first kappa shape index (κ1) is 20.0. The summed E-state index contributed by atoms with van der Waals surface area (Å²) in [5.41, 5.74) is 1.47. The lowest BCUT2D eigenvalue weighted by Gasteiger charge is -2.25. The van der Waals surface area contributed by atoms with Crippen LogP contribution in [0.25, 0.3) is 0 Å². The molecule has 1 atom stereocenters. The molecular formula is C20H21BrFNO3S. The normalized spacial score (nSPS) is 17.3. The van der Waals surface area contributed by atoms with E-state index >= 15 is 0 Å². The summed E-state index contributed by atoms with van der Waals surface area (Å²) < 4.78 is 39.2. The van der Waals surface area contributed by atoms with Gasteiger partial charge in [0.2, 0.25) is 5.91 Å². The van der Waals surface area contributed by atoms with Crippen molar-refractivity contribution in [3.8, 4) is 0 Å². The fraction of sp³-hybridized carbons (Fsp3) is 0.350. The minimum atomic E-state index is -3.55. The van der Waals surface area contributed by atoms with Crippen LogP contribution in [0.2, 0.25) is 0 Å². The predicted octanol–water partition coefficient (Wildman–Crippen LogP) is 3.74. The zero-order valence-corrected chi connectivity index (χ0v) is 17.2. The Kier molecular flexibility index (Phi) is 6.32. The molecule has 0 spiro atoms. The Balaban J connectivity index is 1.64. The molecule has 0 bridgehead atoms. The first-order valence-corrected chi connectivity index (χ1v) is 11.4. The number of hydrogen-bond donors (Lipinski definition) is 0. The lowest BCUT2D eigenvalue weighted by Crippen LogP contribution is -2.40. The standard InChI is InChI=1S/C20H21BrFNO3S/c21-17-8-6-15(7-9-17)13-27(25,26)14-20(24)23-10-2-5-19(23)12-16-3-1-4-18(22)11-16/h1,3-4,6-9,11,19H,2,5,10,12-14H2. The van der Waals surface area contributed by atoms with Crippen LogP contribution in [0.5, 0.6) is 0 Å². The van der Waals surface area contributed by atoms with Gasteiger partial charge in [0.15, 0.2) is 9.84 Å². The summed E-state index contributed by atoms with van der Waals surface area (Å²) >= 11 is 3.31. The maximum atomic E-state index is 13.4. The third-order valence-corrected chi connectivity index (χ3v) is 6.69. The lowest BCUT2D eigenvalue weighted by molar-refractivity contribution is -0.129. The zero-order chi connectivity index (χ0) is 19.4. The van der Waals surface area contributed by atoms with Gasteiger partial charge >= 0.3 is 0 Å². The Morgan fingerprint density at radius 1 is 1.15 bits per heavy atom. The second-order valence-electron chi connectivity index (χ2n) is 6.88. The summed E-state index contributed by atoms with van der Waals surface area (Å²) in [6.07, 6.45) is 2.17. The maximum Gasteiger partial charge on any atom is 0.238 e. The van der Waals surface area contributed by atoms with Crippen molar-refractivity contribution in [1.29, 1.82) is 0 Å². The highest BCUT2D eigenvalue weighted by atomic mass is 79.9. The van der Waals surface area contributed by atoms with E-state index in [1.165, 1.54) is 12.1 Å². The Labute approximate surface area is 167 Å². The SMILES string of the molecule is O=C(CS(=O)(=O)Cc1ccc(Br)cc1)N1CCCC1Cc1cccc(F)c1. The smallest absolute Gasteiger partial charge is 0.238 e. The molecule has 1 unspecified atom stereocenters. The molecule has 27 heavy (non-hydrogen) atoms. The van der Waals surface area contributed by atoms with Gasteiger partial charge in [0.1, 0.15) is 11.6 Å². The second kappa shape index (κ2) is 8.52. The number of likely N-dealkylation sites (tertiary alicyclic amines) is 1. The van der Waals surface area contributed by atoms with Crippen LogP contribution >= 0.6 is 15.9 Å². The third kappa shape index (κ3) is 5.62. The first-order valence-electron chi connectivity index (χ1n) is 8.81. The number of amides is 1. The topological polar surface area (TPSA) is 54.5 Å². The van der Waals surface area contributed by atoms with Crippen LogP contribution in [0.3, 0.4) is 0 Å². The highest BCUT2D eigenvalue weighted by molar-refractivity contribution is 9.10. The molecule has 0 saturated carbocycles. The fourth-order valence-electron chi connectivity index (χ4n) is 3.47. The van der Waals surface area contributed by atoms with Crippen molar-refractivity contribution < 1.29 is 17.6 Å². The number of carbonyl (C=O) groups is 1. The first-order chi connectivity index (χ1) is 12.8. The van der Waals surface area contributed by atoms with E-state index in [0.29, 0.717) is 18.5 Å². The van der Waals surface area contributed by atoms with E-state index in [1.54, 1.807) is 35.2 Å². The summed E-state index contributed by atoms with van der Waals surface area (Å²) in [5.74, 6) is -1.33. The van der Waals surface area contributed by atoms with E-state index in [2.05, 4.69) is 15.9 Å². The van der Waals surface area contributed by atoms with E-state index in [0.717, 1.165) is 22.9 Å². The zero-order valence-electron chi connectivity index (χ0n) is 14.8. The number of rotatable bonds is 6. The molecule has 1 saturated heterocycles. The number of halogens is 2. The van der Waals surface area contributed by atoms with Gasteiger partial charge in [-0.2, -0.15) is 0 Å². The van der Waals surface area contributed by atoms with Gasteiger partial charge in [-0.3, -0.25) is 4.79 Å². The van der Waals surface area contributed by atoms with Gasteiger partial charge < -0.3 is 4.90 Å². The average Bonchev–Trinajstić information content (AvgIpc) is 3.04. The Morgan fingerprint density at radius 2 is 1.89 bits per heavy atom. The van der Waals surface area contributed by atoms with Crippen LogP contribution in [0.4, 0.5) is 4.39 Å². The van der Waals surface area contributed by atoms with Crippen molar-refractivity contribution in [3.63, 3.8) is 0 Å². The number of benzene rings is 2. The summed E-state index contributed by atoms with van der Waals surface area (Å²) in [4.78, 5) is 14.3. The van der Waals surface area contributed by atoms with E-state index in [1.807, 2.05) is 6.07 Å². The molecule has 2 aromatic rings. The molecule has 0 aromatic heterocycles. The summed E-state index contributed by atoms with van der Waals surface area (Å²) in [6.45, 7) is 0.548. The molecule has 3 rings (SSSR count). The molecule has 4 nitrogen and oxygen atoms in total. The van der Waals surface area contributed by atoms with Gasteiger partial charge in [-0.1, -0.05) is 40.2 Å². The van der Waals surface area contributed by atoms with E-state index in [-0.39, 0.29) is 23.5 Å². The van der Waals surface area contributed by atoms with E-state index < -0.39 is 15.6 Å². The van der Waals surface area contributed by atoms with Crippen LogP contribution in [-0.4, -0.2) is 37.6 Å². The molecule has 1 amide bonds. The van der Waals surface area contributed by atoms with Gasteiger partial charge in [0.25, 0.3) is 0 Å². The second-order valence-corrected chi connectivity index (χ2v) is 9.86. The van der Waals surface area contributed by atoms with Crippen molar-refractivity contribution in [2.45, 2.75) is 31.1 Å². The van der Waals surface area contributed by atoms with E-state index in [4.69, 9.17) is 0 Å². The molecule has 1 aliphatic heterocycles. The van der Waals surface area contributed by atoms with Gasteiger partial charge in [-0.15, -0.1) is 0 Å². The van der Waals surface area contributed by atoms with Crippen LogP contribution in [-0.2, 0) is 26.8 Å². The summed E-state index contributed by atoms with van der Waals surface area (Å²) in [6, 6.07) is 13.3. The largest absolute Gasteiger partial charge is 0.339 e. The quantitative estimate of drug-likeness (QED) is 0.669. The minimum Gasteiger partial charge on any atom is -0.339 e. The number of sulfone groups is 1. The molecule has 0 radical (unpaired) electrons. The lowest BCUT2D eigenvalue weighted by atomic mass is 10.0. The number of carbonyl (C=O) groups excluding carboxylic acids is 1. The predicted molar refractivity (Wildman–Crippen MR) is 106 cm³/mol. The Hall–Kier alpha value is -1.73. The monoisotopic (exact) mass is 453 g/mol. The van der Waals surface area contributed by atoms with E-state index in [9.17, 15) is 17.6 Å². The third-order valence-electron chi connectivity index (χ3n) is 4.70. The minimum absolute atomic E-state index is 0.0813. The number of hydrogen-bond acceptors (Lipinski definition) is 3. The summed E-state index contributed by atoms with van der Waals surface area (Å²) in [5, 5.41) is 0. The van der Waals surface area contributed by atoms with Crippen molar-refractivity contribution in [2.75, 3.05) is 12.3 Å². The Morgan fingerprint density at radius 3 is 2.59 bits per heavy atom. The van der Waals surface area contributed by atoms with Gasteiger partial charge in [-0.25, -0.2) is 12.8 Å². The molecule has 0 N–H and O–H groups in total. The van der Waals surface area contributed by atoms with Gasteiger partial charge in [0, 0.05) is 17.1 Å². The van der Waals surface area contributed by atoms with Crippen LogP contribution in [0.15, 0.2) is 53.0 Å². The van der Waals surface area contributed by atoms with Crippen LogP contribution in [0, 0.1) is 5.82 Å². The molecule has 144 valence electrons. The molecule has 1 fully saturated rings. The Bertz CT molecular complexity index is 915. The molecule has 0 aliphatic carbocycles. The average molecular weight is 454 g/mol. The fourth-order valence-corrected chi connectivity index (χ4v) is 5.08. The van der Waals surface area contributed by atoms with Crippen molar-refractivity contribution in [2.24, 2.45) is 0 Å². The highest BCUT2D eigenvalue weighted by Gasteiger charge is 2.31. The van der Waals surface area contributed by atoms with Crippen molar-refractivity contribution in [3.05, 3.63) is 69.9 Å². The molecule has 2 aromatic carbocycles. The van der Waals surface area contributed by atoms with Crippen molar-refractivity contribution >= 4 is 31.7 Å². The van der Waals surface area contributed by atoms with Crippen LogP contribution in [0.1, 0.15) is 24.0 Å². The van der Waals surface area contributed by atoms with Gasteiger partial charge in [-0.05, 0) is 54.7 Å². The summed E-state index contributed by atoms with van der Waals surface area (Å²) in [7, 11) is -3.55. The maximum absolute atomic E-state index is 13.4. The van der Waals surface area contributed by atoms with Crippen LogP contribution < -0.4 is 0 Å². The molecule has 7 heteroatoms. The van der Waals surface area contributed by atoms with Gasteiger partial charge in [0.05, 0.1) is 5.75 Å². The highest BCUT2D eigenvalue weighted by Crippen LogP contribution is 2.22. The molecule has 1 aliphatic rings. The van der Waals surface area contributed by atoms with Crippen molar-refractivity contribution in [1.82, 2.24) is 4.90 Å².